The normalized spacial score (nSPS) is 20.0. The number of hydrogen-bond donors (Lipinski definition) is 2. The number of likely N-dealkylation sites (tertiary alicyclic amines) is 1. The van der Waals surface area contributed by atoms with Crippen LogP contribution >= 0.6 is 0 Å². The molecule has 94 valence electrons. The van der Waals surface area contributed by atoms with Crippen molar-refractivity contribution in [1.82, 2.24) is 20.1 Å². The number of nitrogens with two attached hydrogens (primary N) is 1. The molecule has 0 unspecified atom stereocenters. The molecule has 1 fully saturated rings. The van der Waals surface area contributed by atoms with Crippen molar-refractivity contribution in [1.29, 1.82) is 0 Å². The van der Waals surface area contributed by atoms with Gasteiger partial charge in [0.05, 0.1) is 0 Å². The molecule has 6 nitrogen and oxygen atoms in total. The molecule has 2 heterocycles. The van der Waals surface area contributed by atoms with Crippen LogP contribution in [0.4, 0.5) is 5.95 Å². The molecule has 1 amide bonds. The number of nitrogen functional groups attached to an aromatic ring is 1. The highest BCUT2D eigenvalue weighted by Gasteiger charge is 2.27. The molecule has 0 saturated carbocycles. The molecular formula is C11H19N5O. The number of rotatable bonds is 1. The molecule has 1 aliphatic rings. The molecule has 0 radical (unpaired) electrons. The van der Waals surface area contributed by atoms with Crippen molar-refractivity contribution in [3.05, 3.63) is 5.82 Å². The lowest BCUT2D eigenvalue weighted by molar-refractivity contribution is 0.0745. The molecule has 0 bridgehead atoms. The lowest BCUT2D eigenvalue weighted by Crippen LogP contribution is -2.33. The molecule has 1 aliphatic heterocycles. The number of H-pyrrole nitrogens is 1. The van der Waals surface area contributed by atoms with Crippen molar-refractivity contribution in [2.45, 2.75) is 33.1 Å². The number of hydrogen-bond acceptors (Lipinski definition) is 4. The number of anilines is 1. The number of carbonyl (C=O) groups is 1. The first-order valence-corrected chi connectivity index (χ1v) is 5.95. The highest BCUT2D eigenvalue weighted by Crippen LogP contribution is 2.29. The summed E-state index contributed by atoms with van der Waals surface area (Å²) in [5.41, 5.74) is 5.71. The Bertz CT molecular complexity index is 412. The SMILES string of the molecule is CC1(C)CCCN(C(=O)c2nc(N)n[nH]2)CC1. The van der Waals surface area contributed by atoms with Crippen LogP contribution in [0.3, 0.4) is 0 Å². The number of nitrogens with zero attached hydrogens (tertiary/aromatic N) is 3. The van der Waals surface area contributed by atoms with Gasteiger partial charge in [0.15, 0.2) is 0 Å². The van der Waals surface area contributed by atoms with Gasteiger partial charge in [-0.15, -0.1) is 5.10 Å². The van der Waals surface area contributed by atoms with Gasteiger partial charge in [-0.3, -0.25) is 9.89 Å². The van der Waals surface area contributed by atoms with Crippen LogP contribution in [0, 0.1) is 5.41 Å². The molecule has 1 aromatic heterocycles. The summed E-state index contributed by atoms with van der Waals surface area (Å²) in [6, 6.07) is 0. The lowest BCUT2D eigenvalue weighted by atomic mass is 9.85. The van der Waals surface area contributed by atoms with Crippen molar-refractivity contribution in [3.63, 3.8) is 0 Å². The molecule has 6 heteroatoms. The molecule has 1 aromatic rings. The Morgan fingerprint density at radius 1 is 1.41 bits per heavy atom. The minimum absolute atomic E-state index is 0.105. The number of aromatic nitrogens is 3. The Balaban J connectivity index is 2.05. The second kappa shape index (κ2) is 4.35. The van der Waals surface area contributed by atoms with Gasteiger partial charge in [-0.2, -0.15) is 4.98 Å². The standard InChI is InChI=1S/C11H19N5O/c1-11(2)4-3-6-16(7-5-11)9(17)8-13-10(12)15-14-8/h3-7H2,1-2H3,(H3,12,13,14,15). The molecule has 0 aliphatic carbocycles. The summed E-state index contributed by atoms with van der Waals surface area (Å²) < 4.78 is 0. The van der Waals surface area contributed by atoms with Crippen molar-refractivity contribution in [2.75, 3.05) is 18.8 Å². The number of amides is 1. The molecule has 17 heavy (non-hydrogen) atoms. The number of nitrogens with one attached hydrogen (secondary N) is 1. The molecule has 2 rings (SSSR count). The van der Waals surface area contributed by atoms with Crippen LogP contribution in [0.2, 0.25) is 0 Å². The summed E-state index contributed by atoms with van der Waals surface area (Å²) in [6.45, 7) is 6.04. The Morgan fingerprint density at radius 3 is 2.82 bits per heavy atom. The smallest absolute Gasteiger partial charge is 0.291 e. The average Bonchev–Trinajstić information content (AvgIpc) is 2.60. The van der Waals surface area contributed by atoms with Gasteiger partial charge in [0.1, 0.15) is 0 Å². The third-order valence-electron chi connectivity index (χ3n) is 3.33. The fraction of sp³-hybridized carbons (Fsp3) is 0.727. The third kappa shape index (κ3) is 2.75. The van der Waals surface area contributed by atoms with E-state index >= 15 is 0 Å². The largest absolute Gasteiger partial charge is 0.366 e. The first kappa shape index (κ1) is 11.9. The fourth-order valence-electron chi connectivity index (χ4n) is 2.15. The summed E-state index contributed by atoms with van der Waals surface area (Å²) in [7, 11) is 0. The van der Waals surface area contributed by atoms with E-state index in [-0.39, 0.29) is 17.7 Å². The maximum absolute atomic E-state index is 12.1. The van der Waals surface area contributed by atoms with E-state index in [1.165, 1.54) is 0 Å². The molecule has 0 atom stereocenters. The Morgan fingerprint density at radius 2 is 2.18 bits per heavy atom. The van der Waals surface area contributed by atoms with Crippen molar-refractivity contribution in [2.24, 2.45) is 5.41 Å². The average molecular weight is 237 g/mol. The third-order valence-corrected chi connectivity index (χ3v) is 3.33. The zero-order valence-corrected chi connectivity index (χ0v) is 10.4. The summed E-state index contributed by atoms with van der Waals surface area (Å²) in [6.07, 6.45) is 3.19. The summed E-state index contributed by atoms with van der Waals surface area (Å²) in [5.74, 6) is 0.248. The molecule has 0 aromatic carbocycles. The maximum atomic E-state index is 12.1. The highest BCUT2D eigenvalue weighted by molar-refractivity contribution is 5.90. The van der Waals surface area contributed by atoms with Crippen LogP contribution in [0.15, 0.2) is 0 Å². The zero-order chi connectivity index (χ0) is 12.5. The minimum Gasteiger partial charge on any atom is -0.366 e. The van der Waals surface area contributed by atoms with Crippen LogP contribution in [0.25, 0.3) is 0 Å². The van der Waals surface area contributed by atoms with Gasteiger partial charge >= 0.3 is 0 Å². The van der Waals surface area contributed by atoms with Crippen molar-refractivity contribution in [3.8, 4) is 0 Å². The van der Waals surface area contributed by atoms with Crippen LogP contribution < -0.4 is 5.73 Å². The molecule has 3 N–H and O–H groups in total. The monoisotopic (exact) mass is 237 g/mol. The van der Waals surface area contributed by atoms with Crippen LogP contribution in [0.5, 0.6) is 0 Å². The van der Waals surface area contributed by atoms with Gasteiger partial charge in [-0.05, 0) is 24.7 Å². The number of carbonyl (C=O) groups excluding carboxylic acids is 1. The second-order valence-electron chi connectivity index (χ2n) is 5.35. The predicted octanol–water partition coefficient (Wildman–Crippen LogP) is 1.04. The van der Waals surface area contributed by atoms with Gasteiger partial charge in [0.25, 0.3) is 5.91 Å². The van der Waals surface area contributed by atoms with Crippen LogP contribution in [-0.4, -0.2) is 39.1 Å². The van der Waals surface area contributed by atoms with E-state index in [1.54, 1.807) is 0 Å². The summed E-state index contributed by atoms with van der Waals surface area (Å²) in [4.78, 5) is 17.8. The van der Waals surface area contributed by atoms with Gasteiger partial charge in [-0.25, -0.2) is 0 Å². The van der Waals surface area contributed by atoms with Gasteiger partial charge < -0.3 is 10.6 Å². The Hall–Kier alpha value is -1.59. The number of aromatic amines is 1. The van der Waals surface area contributed by atoms with E-state index in [0.29, 0.717) is 5.41 Å². The van der Waals surface area contributed by atoms with Crippen molar-refractivity contribution >= 4 is 11.9 Å². The Kier molecular flexibility index (Phi) is 3.04. The second-order valence-corrected chi connectivity index (χ2v) is 5.35. The van der Waals surface area contributed by atoms with Gasteiger partial charge in [0.2, 0.25) is 11.8 Å². The van der Waals surface area contributed by atoms with E-state index in [1.807, 2.05) is 4.90 Å². The molecular weight excluding hydrogens is 218 g/mol. The first-order chi connectivity index (χ1) is 7.98. The minimum atomic E-state index is -0.105. The van der Waals surface area contributed by atoms with E-state index in [4.69, 9.17) is 5.73 Å². The van der Waals surface area contributed by atoms with Crippen molar-refractivity contribution < 1.29 is 4.79 Å². The fourth-order valence-corrected chi connectivity index (χ4v) is 2.15. The van der Waals surface area contributed by atoms with E-state index in [2.05, 4.69) is 29.0 Å². The van der Waals surface area contributed by atoms with Crippen LogP contribution in [0.1, 0.15) is 43.7 Å². The quantitative estimate of drug-likeness (QED) is 0.763. The summed E-state index contributed by atoms with van der Waals surface area (Å²) in [5, 5.41) is 6.25. The molecule has 1 saturated heterocycles. The van der Waals surface area contributed by atoms with E-state index < -0.39 is 0 Å². The van der Waals surface area contributed by atoms with E-state index in [0.717, 1.165) is 32.4 Å². The topological polar surface area (TPSA) is 87.9 Å². The van der Waals surface area contributed by atoms with Gasteiger partial charge in [-0.1, -0.05) is 13.8 Å². The van der Waals surface area contributed by atoms with Gasteiger partial charge in [0, 0.05) is 13.1 Å². The predicted molar refractivity (Wildman–Crippen MR) is 64.3 cm³/mol. The van der Waals surface area contributed by atoms with E-state index in [9.17, 15) is 4.79 Å². The molecule has 0 spiro atoms. The first-order valence-electron chi connectivity index (χ1n) is 5.95. The lowest BCUT2D eigenvalue weighted by Gasteiger charge is -2.22. The maximum Gasteiger partial charge on any atom is 0.291 e. The van der Waals surface area contributed by atoms with Crippen LogP contribution in [-0.2, 0) is 0 Å². The summed E-state index contributed by atoms with van der Waals surface area (Å²) >= 11 is 0. The Labute approximate surface area is 101 Å². The zero-order valence-electron chi connectivity index (χ0n) is 10.4. The highest BCUT2D eigenvalue weighted by atomic mass is 16.2.